The highest BCUT2D eigenvalue weighted by atomic mass is 16.5. The Hall–Kier alpha value is -3.45. The predicted octanol–water partition coefficient (Wildman–Crippen LogP) is 4.94. The summed E-state index contributed by atoms with van der Waals surface area (Å²) in [4.78, 5) is 4.36. The van der Waals surface area contributed by atoms with E-state index in [2.05, 4.69) is 52.7 Å². The Bertz CT molecular complexity index is 1280. The summed E-state index contributed by atoms with van der Waals surface area (Å²) in [5.74, 6) is 1.18. The molecule has 1 aromatic carbocycles. The fourth-order valence-corrected chi connectivity index (χ4v) is 4.32. The molecular weight excluding hydrogens is 438 g/mol. The molecule has 3 heterocycles. The molecule has 35 heavy (non-hydrogen) atoms. The van der Waals surface area contributed by atoms with Gasteiger partial charge in [0.05, 0.1) is 23.5 Å². The molecule has 184 valence electrons. The quantitative estimate of drug-likeness (QED) is 0.376. The molecule has 0 fully saturated rings. The van der Waals surface area contributed by atoms with Crippen molar-refractivity contribution in [2.45, 2.75) is 66.2 Å². The van der Waals surface area contributed by atoms with Crippen LogP contribution in [-0.2, 0) is 26.0 Å². The summed E-state index contributed by atoms with van der Waals surface area (Å²) in [5, 5.41) is 20.3. The van der Waals surface area contributed by atoms with E-state index in [1.165, 1.54) is 5.56 Å². The topological polar surface area (TPSA) is 99.1 Å². The Morgan fingerprint density at radius 3 is 2.37 bits per heavy atom. The van der Waals surface area contributed by atoms with Crippen LogP contribution in [0.2, 0.25) is 0 Å². The number of aliphatic hydroxyl groups is 1. The van der Waals surface area contributed by atoms with Crippen LogP contribution in [0.15, 0.2) is 54.7 Å². The molecular formula is C28H35N5O2. The second-order valence-corrected chi connectivity index (χ2v) is 11.0. The van der Waals surface area contributed by atoms with Crippen LogP contribution in [0.1, 0.15) is 57.3 Å². The molecule has 0 radical (unpaired) electrons. The smallest absolute Gasteiger partial charge is 0.146 e. The lowest BCUT2D eigenvalue weighted by Crippen LogP contribution is -2.25. The number of nitrogen functional groups attached to an aromatic ring is 1. The third-order valence-electron chi connectivity index (χ3n) is 5.74. The fraction of sp³-hybridized carbons (Fsp3) is 0.393. The van der Waals surface area contributed by atoms with Gasteiger partial charge in [0.25, 0.3) is 0 Å². The second-order valence-electron chi connectivity index (χ2n) is 11.0. The van der Waals surface area contributed by atoms with E-state index < -0.39 is 5.60 Å². The van der Waals surface area contributed by atoms with E-state index in [4.69, 9.17) is 10.5 Å². The zero-order chi connectivity index (χ0) is 25.2. The molecule has 0 aliphatic carbocycles. The van der Waals surface area contributed by atoms with Crippen LogP contribution >= 0.6 is 0 Å². The molecule has 0 aliphatic rings. The van der Waals surface area contributed by atoms with Crippen molar-refractivity contribution < 1.29 is 9.84 Å². The number of aromatic nitrogens is 4. The molecule has 3 N–H and O–H groups in total. The molecule has 7 nitrogen and oxygen atoms in total. The third-order valence-corrected chi connectivity index (χ3v) is 5.74. The lowest BCUT2D eigenvalue weighted by atomic mass is 9.85. The zero-order valence-electron chi connectivity index (χ0n) is 21.2. The van der Waals surface area contributed by atoms with Gasteiger partial charge < -0.3 is 20.1 Å². The molecule has 0 saturated carbocycles. The molecule has 7 heteroatoms. The zero-order valence-corrected chi connectivity index (χ0v) is 21.2. The first kappa shape index (κ1) is 24.7. The van der Waals surface area contributed by atoms with Crippen LogP contribution < -0.4 is 10.5 Å². The number of ether oxygens (including phenoxy) is 1. The molecule has 3 aromatic heterocycles. The molecule has 0 spiro atoms. The number of hydrogen-bond acceptors (Lipinski definition) is 6. The minimum Gasteiger partial charge on any atom is -0.487 e. The van der Waals surface area contributed by atoms with Gasteiger partial charge in [-0.05, 0) is 73.7 Å². The summed E-state index contributed by atoms with van der Waals surface area (Å²) < 4.78 is 8.36. The lowest BCUT2D eigenvalue weighted by Gasteiger charge is -2.23. The normalized spacial score (nSPS) is 12.3. The highest BCUT2D eigenvalue weighted by molar-refractivity contribution is 5.87. The van der Waals surface area contributed by atoms with Gasteiger partial charge in [0.15, 0.2) is 0 Å². The Morgan fingerprint density at radius 2 is 1.74 bits per heavy atom. The van der Waals surface area contributed by atoms with E-state index in [0.717, 1.165) is 40.2 Å². The van der Waals surface area contributed by atoms with Crippen LogP contribution in [0.25, 0.3) is 10.9 Å². The predicted molar refractivity (Wildman–Crippen MR) is 139 cm³/mol. The van der Waals surface area contributed by atoms with Crippen molar-refractivity contribution in [3.05, 3.63) is 77.4 Å². The summed E-state index contributed by atoms with van der Waals surface area (Å²) in [6.07, 6.45) is 3.14. The molecule has 0 bridgehead atoms. The first-order chi connectivity index (χ1) is 16.5. The summed E-state index contributed by atoms with van der Waals surface area (Å²) in [7, 11) is 0. The number of rotatable bonds is 8. The van der Waals surface area contributed by atoms with E-state index in [1.54, 1.807) is 12.3 Å². The van der Waals surface area contributed by atoms with Crippen molar-refractivity contribution in [2.24, 2.45) is 5.41 Å². The Labute approximate surface area is 207 Å². The van der Waals surface area contributed by atoms with Crippen molar-refractivity contribution in [3.63, 3.8) is 0 Å². The lowest BCUT2D eigenvalue weighted by molar-refractivity contribution is 0.0788. The molecule has 0 aliphatic heterocycles. The van der Waals surface area contributed by atoms with Crippen LogP contribution in [-0.4, -0.2) is 30.5 Å². The molecule has 0 saturated heterocycles. The van der Waals surface area contributed by atoms with Crippen LogP contribution in [0.5, 0.6) is 5.75 Å². The highest BCUT2D eigenvalue weighted by Gasteiger charge is 2.26. The van der Waals surface area contributed by atoms with Gasteiger partial charge in [0, 0.05) is 29.2 Å². The second kappa shape index (κ2) is 9.66. The van der Waals surface area contributed by atoms with E-state index >= 15 is 0 Å². The number of pyridine rings is 1. The van der Waals surface area contributed by atoms with Crippen molar-refractivity contribution in [2.75, 3.05) is 5.73 Å². The first-order valence-electron chi connectivity index (χ1n) is 12.0. The van der Waals surface area contributed by atoms with E-state index in [0.29, 0.717) is 25.4 Å². The minimum absolute atomic E-state index is 0.0548. The third kappa shape index (κ3) is 6.36. The van der Waals surface area contributed by atoms with Crippen LogP contribution in [0.3, 0.4) is 0 Å². The largest absolute Gasteiger partial charge is 0.487 e. The molecule has 4 rings (SSSR count). The Balaban J connectivity index is 1.82. The van der Waals surface area contributed by atoms with Crippen molar-refractivity contribution >= 4 is 16.7 Å². The van der Waals surface area contributed by atoms with Gasteiger partial charge in [-0.3, -0.25) is 4.98 Å². The first-order valence-corrected chi connectivity index (χ1v) is 12.0. The van der Waals surface area contributed by atoms with Crippen molar-refractivity contribution in [1.82, 2.24) is 19.7 Å². The molecule has 0 amide bonds. The maximum atomic E-state index is 10.8. The standard InChI is InChI=1S/C28H35N5O2/c1-27(2,3)15-23-22-14-21(35-18-20-8-6-7-13-30-20)10-11-24(22)33(25(23)16-28(4,5)34)17-19-9-12-26(29)32-31-19/h6-14,34H,15-18H2,1-5H3,(H2,29,32). The Kier molecular flexibility index (Phi) is 6.81. The average Bonchev–Trinajstić information content (AvgIpc) is 3.04. The van der Waals surface area contributed by atoms with E-state index in [-0.39, 0.29) is 5.41 Å². The van der Waals surface area contributed by atoms with Gasteiger partial charge in [-0.15, -0.1) is 5.10 Å². The summed E-state index contributed by atoms with van der Waals surface area (Å²) in [5.41, 5.74) is 10.0. The average molecular weight is 474 g/mol. The highest BCUT2D eigenvalue weighted by Crippen LogP contribution is 2.36. The monoisotopic (exact) mass is 473 g/mol. The van der Waals surface area contributed by atoms with Gasteiger partial charge in [-0.1, -0.05) is 26.8 Å². The van der Waals surface area contributed by atoms with Crippen molar-refractivity contribution in [1.29, 1.82) is 0 Å². The SMILES string of the molecule is CC(C)(C)Cc1c(CC(C)(C)O)n(Cc2ccc(N)nn2)c2ccc(OCc3ccccn3)cc12. The molecule has 0 unspecified atom stereocenters. The maximum Gasteiger partial charge on any atom is 0.146 e. The number of hydrogen-bond donors (Lipinski definition) is 2. The van der Waals surface area contributed by atoms with Gasteiger partial charge in [0.2, 0.25) is 0 Å². The Morgan fingerprint density at radius 1 is 0.943 bits per heavy atom. The number of nitrogens with zero attached hydrogens (tertiary/aromatic N) is 4. The number of anilines is 1. The van der Waals surface area contributed by atoms with Gasteiger partial charge in [-0.2, -0.15) is 5.10 Å². The number of benzene rings is 1. The van der Waals surface area contributed by atoms with Gasteiger partial charge in [-0.25, -0.2) is 0 Å². The summed E-state index contributed by atoms with van der Waals surface area (Å²) >= 11 is 0. The van der Waals surface area contributed by atoms with Gasteiger partial charge >= 0.3 is 0 Å². The van der Waals surface area contributed by atoms with E-state index in [1.807, 2.05) is 44.2 Å². The number of nitrogens with two attached hydrogens (primary N) is 1. The van der Waals surface area contributed by atoms with Crippen molar-refractivity contribution in [3.8, 4) is 5.75 Å². The van der Waals surface area contributed by atoms with E-state index in [9.17, 15) is 5.11 Å². The van der Waals surface area contributed by atoms with Crippen LogP contribution in [0, 0.1) is 5.41 Å². The number of fused-ring (bicyclic) bond motifs is 1. The maximum absolute atomic E-state index is 10.8. The van der Waals surface area contributed by atoms with Crippen LogP contribution in [0.4, 0.5) is 5.82 Å². The minimum atomic E-state index is -0.871. The molecule has 4 aromatic rings. The van der Waals surface area contributed by atoms with Gasteiger partial charge in [0.1, 0.15) is 18.2 Å². The fourth-order valence-electron chi connectivity index (χ4n) is 4.32. The summed E-state index contributed by atoms with van der Waals surface area (Å²) in [6.45, 7) is 11.3. The summed E-state index contributed by atoms with van der Waals surface area (Å²) in [6, 6.07) is 15.7. The molecule has 0 atom stereocenters.